The summed E-state index contributed by atoms with van der Waals surface area (Å²) in [6, 6.07) is 4.00. The first kappa shape index (κ1) is 20.2. The number of carboxylic acids is 1. The SMILES string of the molecule is C=C/C=C(\C=C)CC(=O)c1ccc2c(c1)C=C(C(=O)O)C(C(F)(F)CF)O2. The largest absolute Gasteiger partial charge is 0.478 e. The van der Waals surface area contributed by atoms with Crippen molar-refractivity contribution in [2.75, 3.05) is 6.67 Å². The van der Waals surface area contributed by atoms with Gasteiger partial charge in [0, 0.05) is 17.5 Å². The number of hydrogen-bond acceptors (Lipinski definition) is 3. The summed E-state index contributed by atoms with van der Waals surface area (Å²) in [5, 5.41) is 9.18. The van der Waals surface area contributed by atoms with Crippen LogP contribution in [0.25, 0.3) is 6.08 Å². The van der Waals surface area contributed by atoms with Gasteiger partial charge in [0.1, 0.15) is 5.75 Å². The Labute approximate surface area is 154 Å². The van der Waals surface area contributed by atoms with Gasteiger partial charge in [-0.15, -0.1) is 0 Å². The Morgan fingerprint density at radius 3 is 2.56 bits per heavy atom. The predicted octanol–water partition coefficient (Wildman–Crippen LogP) is 4.39. The van der Waals surface area contributed by atoms with Crippen molar-refractivity contribution in [1.82, 2.24) is 0 Å². The minimum atomic E-state index is -4.00. The maximum atomic E-state index is 13.7. The molecule has 1 aliphatic heterocycles. The molecule has 1 N–H and O–H groups in total. The zero-order chi connectivity index (χ0) is 20.2. The number of Topliss-reactive ketones (excluding diaryl/α,β-unsaturated/α-hetero) is 1. The van der Waals surface area contributed by atoms with E-state index in [1.807, 2.05) is 0 Å². The number of carbonyl (C=O) groups excluding carboxylic acids is 1. The normalized spacial score (nSPS) is 16.6. The number of halogens is 3. The molecule has 0 bridgehead atoms. The molecule has 0 amide bonds. The van der Waals surface area contributed by atoms with Crippen LogP contribution in [0.1, 0.15) is 22.3 Å². The molecule has 142 valence electrons. The second-order valence-corrected chi connectivity index (χ2v) is 5.83. The molecule has 1 heterocycles. The summed E-state index contributed by atoms with van der Waals surface area (Å²) in [5.41, 5.74) is 0.240. The Hall–Kier alpha value is -3.09. The minimum absolute atomic E-state index is 0.0349. The van der Waals surface area contributed by atoms with Gasteiger partial charge in [0.05, 0.1) is 5.57 Å². The van der Waals surface area contributed by atoms with Gasteiger partial charge in [-0.05, 0) is 29.8 Å². The van der Waals surface area contributed by atoms with Crippen LogP contribution in [-0.2, 0) is 4.79 Å². The van der Waals surface area contributed by atoms with E-state index < -0.39 is 30.2 Å². The summed E-state index contributed by atoms with van der Waals surface area (Å²) < 4.78 is 45.1. The van der Waals surface area contributed by atoms with E-state index in [2.05, 4.69) is 13.2 Å². The number of carboxylic acid groups (broad SMARTS) is 1. The Kier molecular flexibility index (Phi) is 6.05. The lowest BCUT2D eigenvalue weighted by Gasteiger charge is -2.30. The van der Waals surface area contributed by atoms with Gasteiger partial charge in [0.15, 0.2) is 18.6 Å². The number of benzene rings is 1. The average molecular weight is 378 g/mol. The molecule has 1 aromatic carbocycles. The van der Waals surface area contributed by atoms with Gasteiger partial charge < -0.3 is 9.84 Å². The summed E-state index contributed by atoms with van der Waals surface area (Å²) in [5.74, 6) is -5.99. The number of carbonyl (C=O) groups is 2. The van der Waals surface area contributed by atoms with Crippen molar-refractivity contribution >= 4 is 17.8 Å². The van der Waals surface area contributed by atoms with Crippen LogP contribution in [0, 0.1) is 0 Å². The molecule has 0 aliphatic carbocycles. The van der Waals surface area contributed by atoms with Crippen molar-refractivity contribution in [3.8, 4) is 5.75 Å². The third-order valence-electron chi connectivity index (χ3n) is 3.94. The van der Waals surface area contributed by atoms with Gasteiger partial charge in [-0.25, -0.2) is 9.18 Å². The van der Waals surface area contributed by atoms with Crippen molar-refractivity contribution in [3.05, 3.63) is 71.9 Å². The van der Waals surface area contributed by atoms with Crippen LogP contribution in [0.4, 0.5) is 13.2 Å². The smallest absolute Gasteiger partial charge is 0.335 e. The molecule has 1 aliphatic rings. The zero-order valence-corrected chi connectivity index (χ0v) is 14.3. The molecule has 0 aromatic heterocycles. The van der Waals surface area contributed by atoms with Crippen LogP contribution >= 0.6 is 0 Å². The van der Waals surface area contributed by atoms with E-state index in [0.717, 1.165) is 6.08 Å². The van der Waals surface area contributed by atoms with E-state index in [4.69, 9.17) is 4.74 Å². The topological polar surface area (TPSA) is 63.6 Å². The summed E-state index contributed by atoms with van der Waals surface area (Å²) >= 11 is 0. The lowest BCUT2D eigenvalue weighted by atomic mass is 9.95. The van der Waals surface area contributed by atoms with E-state index in [9.17, 15) is 27.9 Å². The maximum Gasteiger partial charge on any atom is 0.335 e. The van der Waals surface area contributed by atoms with Gasteiger partial charge >= 0.3 is 11.9 Å². The Balaban J connectivity index is 2.40. The Morgan fingerprint density at radius 1 is 1.30 bits per heavy atom. The summed E-state index contributed by atoms with van der Waals surface area (Å²) in [7, 11) is 0. The van der Waals surface area contributed by atoms with Crippen LogP contribution in [0.2, 0.25) is 0 Å². The monoisotopic (exact) mass is 378 g/mol. The fraction of sp³-hybridized carbons (Fsp3) is 0.200. The van der Waals surface area contributed by atoms with Gasteiger partial charge in [-0.1, -0.05) is 31.4 Å². The summed E-state index contributed by atoms with van der Waals surface area (Å²) in [6.45, 7) is 5.08. The van der Waals surface area contributed by atoms with E-state index in [1.165, 1.54) is 30.4 Å². The third-order valence-corrected chi connectivity index (χ3v) is 3.94. The van der Waals surface area contributed by atoms with Crippen LogP contribution in [0.3, 0.4) is 0 Å². The van der Waals surface area contributed by atoms with Crippen molar-refractivity contribution in [3.63, 3.8) is 0 Å². The van der Waals surface area contributed by atoms with Crippen molar-refractivity contribution in [1.29, 1.82) is 0 Å². The highest BCUT2D eigenvalue weighted by molar-refractivity contribution is 6.00. The van der Waals surface area contributed by atoms with E-state index in [0.29, 0.717) is 5.57 Å². The number of ketones is 1. The molecule has 0 spiro atoms. The first-order valence-corrected chi connectivity index (χ1v) is 7.90. The number of ether oxygens (including phenoxy) is 1. The number of aliphatic carboxylic acids is 1. The maximum absolute atomic E-state index is 13.7. The van der Waals surface area contributed by atoms with Crippen LogP contribution in [0.5, 0.6) is 5.75 Å². The molecule has 4 nitrogen and oxygen atoms in total. The molecule has 27 heavy (non-hydrogen) atoms. The van der Waals surface area contributed by atoms with Gasteiger partial charge in [-0.3, -0.25) is 4.79 Å². The fourth-order valence-electron chi connectivity index (χ4n) is 2.57. The Morgan fingerprint density at radius 2 is 2.00 bits per heavy atom. The standard InChI is InChI=1S/C20H17F3O4/c1-3-5-12(4-2)8-16(24)13-6-7-17-14(9-13)10-15(19(25)26)18(27-17)20(22,23)11-21/h3-7,9-10,18H,1-2,8,11H2,(H,25,26)/b12-5+. The van der Waals surface area contributed by atoms with Gasteiger partial charge in [-0.2, -0.15) is 8.78 Å². The first-order valence-electron chi connectivity index (χ1n) is 7.90. The third kappa shape index (κ3) is 4.36. The highest BCUT2D eigenvalue weighted by Crippen LogP contribution is 2.37. The second-order valence-electron chi connectivity index (χ2n) is 5.83. The number of alkyl halides is 3. The van der Waals surface area contributed by atoms with Crippen molar-refractivity contribution in [2.45, 2.75) is 18.4 Å². The van der Waals surface area contributed by atoms with E-state index in [1.54, 1.807) is 6.08 Å². The summed E-state index contributed by atoms with van der Waals surface area (Å²) in [6.07, 6.45) is 3.40. The highest BCUT2D eigenvalue weighted by atomic mass is 19.3. The summed E-state index contributed by atoms with van der Waals surface area (Å²) in [4.78, 5) is 23.7. The molecule has 2 rings (SSSR count). The molecule has 0 saturated heterocycles. The Bertz CT molecular complexity index is 853. The van der Waals surface area contributed by atoms with E-state index >= 15 is 0 Å². The molecule has 0 fully saturated rings. The lowest BCUT2D eigenvalue weighted by molar-refractivity contribution is -0.139. The van der Waals surface area contributed by atoms with Crippen LogP contribution in [0.15, 0.2) is 60.7 Å². The predicted molar refractivity (Wildman–Crippen MR) is 94.8 cm³/mol. The lowest BCUT2D eigenvalue weighted by Crippen LogP contribution is -2.44. The number of allylic oxidation sites excluding steroid dienone is 4. The number of rotatable bonds is 8. The molecule has 0 radical (unpaired) electrons. The van der Waals surface area contributed by atoms with E-state index in [-0.39, 0.29) is 29.1 Å². The number of hydrogen-bond donors (Lipinski definition) is 1. The quantitative estimate of drug-likeness (QED) is 0.538. The van der Waals surface area contributed by atoms with Crippen molar-refractivity contribution in [2.24, 2.45) is 0 Å². The number of fused-ring (bicyclic) bond motifs is 1. The molecule has 1 unspecified atom stereocenters. The molecule has 7 heteroatoms. The van der Waals surface area contributed by atoms with Gasteiger partial charge in [0.2, 0.25) is 0 Å². The zero-order valence-electron chi connectivity index (χ0n) is 14.3. The first-order chi connectivity index (χ1) is 12.7. The van der Waals surface area contributed by atoms with Crippen molar-refractivity contribution < 1.29 is 32.6 Å². The minimum Gasteiger partial charge on any atom is -0.478 e. The molecule has 0 saturated carbocycles. The highest BCUT2D eigenvalue weighted by Gasteiger charge is 2.48. The van der Waals surface area contributed by atoms with Crippen LogP contribution in [-0.4, -0.2) is 35.6 Å². The van der Waals surface area contributed by atoms with Gasteiger partial charge in [0.25, 0.3) is 0 Å². The molecule has 1 aromatic rings. The molecular weight excluding hydrogens is 361 g/mol. The molecular formula is C20H17F3O4. The molecule has 1 atom stereocenters. The average Bonchev–Trinajstić information content (AvgIpc) is 2.65. The van der Waals surface area contributed by atoms with Crippen LogP contribution < -0.4 is 4.74 Å². The fourth-order valence-corrected chi connectivity index (χ4v) is 2.57. The second kappa shape index (κ2) is 8.07.